The van der Waals surface area contributed by atoms with Crippen molar-refractivity contribution < 1.29 is 4.92 Å². The van der Waals surface area contributed by atoms with Crippen molar-refractivity contribution in [1.29, 1.82) is 5.26 Å². The molecular formula is C7H8N4O2. The monoisotopic (exact) mass is 180 g/mol. The molecule has 6 nitrogen and oxygen atoms in total. The number of rotatable bonds is 3. The second-order valence-corrected chi connectivity index (χ2v) is 2.52. The summed E-state index contributed by atoms with van der Waals surface area (Å²) in [5, 5.41) is 22.6. The molecule has 13 heavy (non-hydrogen) atoms. The van der Waals surface area contributed by atoms with E-state index in [1.807, 2.05) is 6.07 Å². The summed E-state index contributed by atoms with van der Waals surface area (Å²) in [7, 11) is 1.62. The number of aromatic nitrogens is 2. The van der Waals surface area contributed by atoms with Crippen LogP contribution in [0.4, 0.5) is 5.69 Å². The van der Waals surface area contributed by atoms with E-state index >= 15 is 0 Å². The quantitative estimate of drug-likeness (QED) is 0.508. The highest BCUT2D eigenvalue weighted by Crippen LogP contribution is 2.17. The van der Waals surface area contributed by atoms with Crippen molar-refractivity contribution in [2.24, 2.45) is 7.05 Å². The van der Waals surface area contributed by atoms with Gasteiger partial charge in [0.2, 0.25) is 0 Å². The van der Waals surface area contributed by atoms with E-state index in [4.69, 9.17) is 5.26 Å². The third kappa shape index (κ3) is 1.82. The smallest absolute Gasteiger partial charge is 0.265 e. The molecule has 1 aromatic rings. The Hall–Kier alpha value is -1.90. The molecule has 0 saturated carbocycles. The average Bonchev–Trinajstić information content (AvgIpc) is 2.43. The first-order valence-electron chi connectivity index (χ1n) is 3.69. The van der Waals surface area contributed by atoms with Crippen molar-refractivity contribution in [3.8, 4) is 6.07 Å². The van der Waals surface area contributed by atoms with Crippen LogP contribution in [0, 0.1) is 21.4 Å². The number of hydrogen-bond donors (Lipinski definition) is 0. The summed E-state index contributed by atoms with van der Waals surface area (Å²) >= 11 is 0. The molecule has 0 N–H and O–H groups in total. The van der Waals surface area contributed by atoms with Crippen LogP contribution in [0.1, 0.15) is 12.1 Å². The third-order valence-corrected chi connectivity index (χ3v) is 1.71. The van der Waals surface area contributed by atoms with Crippen LogP contribution >= 0.6 is 0 Å². The highest BCUT2D eigenvalue weighted by atomic mass is 16.6. The van der Waals surface area contributed by atoms with Gasteiger partial charge in [0.05, 0.1) is 11.0 Å². The van der Waals surface area contributed by atoms with E-state index in [1.165, 1.54) is 10.9 Å². The number of nitro groups is 1. The maximum atomic E-state index is 10.5. The molecule has 0 aromatic carbocycles. The van der Waals surface area contributed by atoms with Gasteiger partial charge in [-0.25, -0.2) is 0 Å². The van der Waals surface area contributed by atoms with Gasteiger partial charge in [0, 0.05) is 19.9 Å². The van der Waals surface area contributed by atoms with Crippen LogP contribution in [0.15, 0.2) is 6.20 Å². The fourth-order valence-electron chi connectivity index (χ4n) is 1.07. The van der Waals surface area contributed by atoms with Crippen molar-refractivity contribution in [1.82, 2.24) is 9.78 Å². The molecule has 1 aromatic heterocycles. The van der Waals surface area contributed by atoms with Crippen LogP contribution < -0.4 is 0 Å². The van der Waals surface area contributed by atoms with Crippen molar-refractivity contribution in [2.75, 3.05) is 0 Å². The molecule has 0 saturated heterocycles. The molecular weight excluding hydrogens is 172 g/mol. The van der Waals surface area contributed by atoms with Crippen molar-refractivity contribution in [3.05, 3.63) is 22.0 Å². The Kier molecular flexibility index (Phi) is 2.59. The summed E-state index contributed by atoms with van der Waals surface area (Å²) in [4.78, 5) is 9.98. The summed E-state index contributed by atoms with van der Waals surface area (Å²) in [5.74, 6) is 0. The average molecular weight is 180 g/mol. The second-order valence-electron chi connectivity index (χ2n) is 2.52. The van der Waals surface area contributed by atoms with E-state index in [-0.39, 0.29) is 12.1 Å². The zero-order valence-electron chi connectivity index (χ0n) is 7.10. The maximum absolute atomic E-state index is 10.5. The Balaban J connectivity index is 2.96. The van der Waals surface area contributed by atoms with Crippen LogP contribution in [-0.2, 0) is 13.5 Å². The van der Waals surface area contributed by atoms with Crippen molar-refractivity contribution in [3.63, 3.8) is 0 Å². The zero-order chi connectivity index (χ0) is 9.84. The van der Waals surface area contributed by atoms with Gasteiger partial charge in [-0.2, -0.15) is 10.4 Å². The van der Waals surface area contributed by atoms with Gasteiger partial charge in [0.15, 0.2) is 0 Å². The topological polar surface area (TPSA) is 84.8 Å². The molecule has 0 bridgehead atoms. The SMILES string of the molecule is Cn1ncc([N+](=O)[O-])c1CCC#N. The summed E-state index contributed by atoms with van der Waals surface area (Å²) in [6, 6.07) is 1.94. The predicted molar refractivity (Wildman–Crippen MR) is 43.8 cm³/mol. The van der Waals surface area contributed by atoms with Gasteiger partial charge >= 0.3 is 5.69 Å². The van der Waals surface area contributed by atoms with Crippen LogP contribution in [-0.4, -0.2) is 14.7 Å². The van der Waals surface area contributed by atoms with E-state index in [2.05, 4.69) is 5.10 Å². The highest BCUT2D eigenvalue weighted by Gasteiger charge is 2.17. The van der Waals surface area contributed by atoms with Gasteiger partial charge < -0.3 is 0 Å². The first-order valence-corrected chi connectivity index (χ1v) is 3.69. The van der Waals surface area contributed by atoms with Crippen LogP contribution in [0.2, 0.25) is 0 Å². The third-order valence-electron chi connectivity index (χ3n) is 1.71. The molecule has 0 unspecified atom stereocenters. The predicted octanol–water partition coefficient (Wildman–Crippen LogP) is 0.784. The Morgan fingerprint density at radius 1 is 1.85 bits per heavy atom. The Labute approximate surface area is 74.5 Å². The Morgan fingerprint density at radius 2 is 2.54 bits per heavy atom. The lowest BCUT2D eigenvalue weighted by Gasteiger charge is -1.96. The standard InChI is InChI=1S/C7H8N4O2/c1-10-6(3-2-4-8)7(5-9-10)11(12)13/h5H,2-3H2,1H3. The van der Waals surface area contributed by atoms with E-state index < -0.39 is 4.92 Å². The van der Waals surface area contributed by atoms with Crippen LogP contribution in [0.5, 0.6) is 0 Å². The normalized spacial score (nSPS) is 9.54. The Morgan fingerprint density at radius 3 is 3.08 bits per heavy atom. The van der Waals surface area contributed by atoms with E-state index in [0.29, 0.717) is 12.1 Å². The molecule has 0 atom stereocenters. The molecule has 0 spiro atoms. The van der Waals surface area contributed by atoms with Gasteiger partial charge in [0.1, 0.15) is 11.9 Å². The molecule has 0 aliphatic carbocycles. The molecule has 1 heterocycles. The Bertz CT molecular complexity index is 363. The fourth-order valence-corrected chi connectivity index (χ4v) is 1.07. The zero-order valence-corrected chi connectivity index (χ0v) is 7.10. The summed E-state index contributed by atoms with van der Waals surface area (Å²) < 4.78 is 1.43. The van der Waals surface area contributed by atoms with Gasteiger partial charge in [-0.1, -0.05) is 0 Å². The molecule has 0 radical (unpaired) electrons. The summed E-state index contributed by atoms with van der Waals surface area (Å²) in [5.41, 5.74) is 0.476. The van der Waals surface area contributed by atoms with Crippen LogP contribution in [0.25, 0.3) is 0 Å². The number of nitrogens with zero attached hydrogens (tertiary/aromatic N) is 4. The van der Waals surface area contributed by atoms with Gasteiger partial charge in [-0.05, 0) is 0 Å². The minimum atomic E-state index is -0.486. The first kappa shape index (κ1) is 9.19. The van der Waals surface area contributed by atoms with E-state index in [9.17, 15) is 10.1 Å². The van der Waals surface area contributed by atoms with Crippen molar-refractivity contribution in [2.45, 2.75) is 12.8 Å². The number of nitriles is 1. The van der Waals surface area contributed by atoms with Gasteiger partial charge in [0.25, 0.3) is 0 Å². The van der Waals surface area contributed by atoms with Gasteiger partial charge in [-0.3, -0.25) is 14.8 Å². The molecule has 6 heteroatoms. The molecule has 0 amide bonds. The molecule has 0 aliphatic rings. The first-order chi connectivity index (χ1) is 6.16. The lowest BCUT2D eigenvalue weighted by atomic mass is 10.2. The summed E-state index contributed by atoms with van der Waals surface area (Å²) in [6.07, 6.45) is 1.83. The van der Waals surface area contributed by atoms with Crippen molar-refractivity contribution >= 4 is 5.69 Å². The molecule has 0 fully saturated rings. The minimum absolute atomic E-state index is 0.0160. The lowest BCUT2D eigenvalue weighted by Crippen LogP contribution is -2.00. The highest BCUT2D eigenvalue weighted by molar-refractivity contribution is 5.33. The lowest BCUT2D eigenvalue weighted by molar-refractivity contribution is -0.385. The molecule has 1 rings (SSSR count). The summed E-state index contributed by atoms with van der Waals surface area (Å²) in [6.45, 7) is 0. The maximum Gasteiger partial charge on any atom is 0.310 e. The second kappa shape index (κ2) is 3.67. The minimum Gasteiger partial charge on any atom is -0.265 e. The molecule has 0 aliphatic heterocycles. The molecule has 68 valence electrons. The van der Waals surface area contributed by atoms with Crippen LogP contribution in [0.3, 0.4) is 0 Å². The number of hydrogen-bond acceptors (Lipinski definition) is 4. The van der Waals surface area contributed by atoms with E-state index in [0.717, 1.165) is 0 Å². The number of aryl methyl sites for hydroxylation is 1. The van der Waals surface area contributed by atoms with E-state index in [1.54, 1.807) is 7.05 Å². The largest absolute Gasteiger partial charge is 0.310 e. The fraction of sp³-hybridized carbons (Fsp3) is 0.429. The van der Waals surface area contributed by atoms with Gasteiger partial charge in [-0.15, -0.1) is 0 Å².